The molecule has 3 aromatic carbocycles. The molecule has 3 amide bonds. The van der Waals surface area contributed by atoms with E-state index in [1.54, 1.807) is 44.7 Å². The molecule has 0 fully saturated rings. The largest absolute Gasteiger partial charge is 0.508 e. The molecule has 3 aromatic rings. The lowest BCUT2D eigenvalue weighted by Crippen LogP contribution is -2.55. The molecular weight excluding hydrogens is 538 g/mol. The van der Waals surface area contributed by atoms with Crippen LogP contribution in [0.25, 0.3) is 10.8 Å². The first-order chi connectivity index (χ1) is 19.4. The minimum absolute atomic E-state index is 0.0200. The molecule has 3 N–H and O–H groups in total. The van der Waals surface area contributed by atoms with Crippen LogP contribution in [0.4, 0.5) is 10.5 Å². The van der Waals surface area contributed by atoms with Crippen LogP contribution >= 0.6 is 11.8 Å². The molecule has 0 saturated heterocycles. The van der Waals surface area contributed by atoms with Gasteiger partial charge in [0.25, 0.3) is 5.91 Å². The maximum atomic E-state index is 14.3. The monoisotopic (exact) mass is 579 g/mol. The minimum atomic E-state index is -1.08. The number of hydrogen-bond acceptors (Lipinski definition) is 6. The molecule has 0 saturated carbocycles. The maximum Gasteiger partial charge on any atom is 0.408 e. The van der Waals surface area contributed by atoms with Gasteiger partial charge in [0.2, 0.25) is 5.91 Å². The lowest BCUT2D eigenvalue weighted by Gasteiger charge is -2.38. The highest BCUT2D eigenvalue weighted by Gasteiger charge is 2.38. The zero-order valence-corrected chi connectivity index (χ0v) is 25.5. The van der Waals surface area contributed by atoms with Crippen molar-refractivity contribution in [1.82, 2.24) is 10.2 Å². The first kappa shape index (κ1) is 31.8. The summed E-state index contributed by atoms with van der Waals surface area (Å²) in [5.74, 6) is -0.240. The van der Waals surface area contributed by atoms with Gasteiger partial charge in [-0.05, 0) is 93.1 Å². The number of benzene rings is 3. The molecule has 3 unspecified atom stereocenters. The Morgan fingerprint density at radius 1 is 1.00 bits per heavy atom. The van der Waals surface area contributed by atoms with Crippen molar-refractivity contribution in [3.8, 4) is 5.75 Å². The lowest BCUT2D eigenvalue weighted by atomic mass is 9.99. The molecule has 0 radical (unpaired) electrons. The number of thioether (sulfide) groups is 1. The second kappa shape index (κ2) is 14.3. The van der Waals surface area contributed by atoms with Crippen LogP contribution in [-0.4, -0.2) is 57.6 Å². The van der Waals surface area contributed by atoms with E-state index < -0.39 is 35.6 Å². The van der Waals surface area contributed by atoms with E-state index in [2.05, 4.69) is 10.6 Å². The summed E-state index contributed by atoms with van der Waals surface area (Å²) in [6, 6.07) is 17.5. The number of phenols is 1. The summed E-state index contributed by atoms with van der Waals surface area (Å²) in [5, 5.41) is 18.0. The van der Waals surface area contributed by atoms with E-state index in [1.807, 2.05) is 62.6 Å². The summed E-state index contributed by atoms with van der Waals surface area (Å²) < 4.78 is 5.45. The molecule has 0 spiro atoms. The van der Waals surface area contributed by atoms with Crippen LogP contribution in [0.2, 0.25) is 0 Å². The standard InChI is InChI=1S/C32H41N3O5S/c1-7-21(2)35(30(38)27(17-18-41-6)34-31(39)40-32(3,4)5)28(24-13-10-14-26(36)20-24)29(37)33-25-16-15-22-11-8-9-12-23(22)19-25/h8-16,19-21,27-28,36H,7,17-18H2,1-6H3,(H,33,37)(H,34,39). The Kier molecular flexibility index (Phi) is 11.1. The molecule has 3 atom stereocenters. The Labute approximate surface area is 246 Å². The zero-order valence-electron chi connectivity index (χ0n) is 24.6. The van der Waals surface area contributed by atoms with Crippen molar-refractivity contribution in [1.29, 1.82) is 0 Å². The van der Waals surface area contributed by atoms with Gasteiger partial charge in [0.05, 0.1) is 0 Å². The summed E-state index contributed by atoms with van der Waals surface area (Å²) in [7, 11) is 0. The zero-order chi connectivity index (χ0) is 30.2. The lowest BCUT2D eigenvalue weighted by molar-refractivity contribution is -0.143. The van der Waals surface area contributed by atoms with E-state index in [0.717, 1.165) is 10.8 Å². The highest BCUT2D eigenvalue weighted by atomic mass is 32.2. The third kappa shape index (κ3) is 8.88. The molecule has 0 aliphatic carbocycles. The topological polar surface area (TPSA) is 108 Å². The molecule has 0 aromatic heterocycles. The average molecular weight is 580 g/mol. The van der Waals surface area contributed by atoms with E-state index in [9.17, 15) is 19.5 Å². The molecule has 3 rings (SSSR count). The van der Waals surface area contributed by atoms with Gasteiger partial charge in [-0.15, -0.1) is 0 Å². The Balaban J connectivity index is 2.04. The molecule has 8 nitrogen and oxygen atoms in total. The second-order valence-corrected chi connectivity index (χ2v) is 12.0. The van der Waals surface area contributed by atoms with Crippen molar-refractivity contribution in [2.45, 2.75) is 71.2 Å². The second-order valence-electron chi connectivity index (χ2n) is 11.0. The van der Waals surface area contributed by atoms with Gasteiger partial charge < -0.3 is 25.4 Å². The van der Waals surface area contributed by atoms with Gasteiger partial charge in [0.1, 0.15) is 23.4 Å². The fourth-order valence-corrected chi connectivity index (χ4v) is 5.00. The SMILES string of the molecule is CCC(C)N(C(=O)C(CCSC)NC(=O)OC(C)(C)C)C(C(=O)Nc1ccc2ccccc2c1)c1cccc(O)c1. The van der Waals surface area contributed by atoms with Crippen LogP contribution < -0.4 is 10.6 Å². The summed E-state index contributed by atoms with van der Waals surface area (Å²) in [5.41, 5.74) is 0.302. The number of nitrogens with one attached hydrogen (secondary N) is 2. The Morgan fingerprint density at radius 2 is 1.71 bits per heavy atom. The number of anilines is 1. The number of rotatable bonds is 11. The minimum Gasteiger partial charge on any atom is -0.508 e. The van der Waals surface area contributed by atoms with Gasteiger partial charge in [0.15, 0.2) is 0 Å². The van der Waals surface area contributed by atoms with Gasteiger partial charge >= 0.3 is 6.09 Å². The first-order valence-electron chi connectivity index (χ1n) is 13.8. The number of phenolic OH excluding ortho intramolecular Hbond substituents is 1. The number of fused-ring (bicyclic) bond motifs is 1. The summed E-state index contributed by atoms with van der Waals surface area (Å²) in [6.07, 6.45) is 2.14. The predicted molar refractivity (Wildman–Crippen MR) is 166 cm³/mol. The van der Waals surface area contributed by atoms with E-state index in [-0.39, 0.29) is 11.8 Å². The van der Waals surface area contributed by atoms with Crippen LogP contribution in [0.5, 0.6) is 5.75 Å². The highest BCUT2D eigenvalue weighted by molar-refractivity contribution is 7.98. The molecule has 0 heterocycles. The van der Waals surface area contributed by atoms with E-state index in [0.29, 0.717) is 29.8 Å². The normalized spacial score (nSPS) is 13.6. The van der Waals surface area contributed by atoms with Crippen molar-refractivity contribution in [3.63, 3.8) is 0 Å². The van der Waals surface area contributed by atoms with E-state index >= 15 is 0 Å². The van der Waals surface area contributed by atoms with Gasteiger partial charge in [0, 0.05) is 11.7 Å². The van der Waals surface area contributed by atoms with Crippen molar-refractivity contribution in [2.24, 2.45) is 0 Å². The Morgan fingerprint density at radius 3 is 2.34 bits per heavy atom. The van der Waals surface area contributed by atoms with Crippen LogP contribution in [0.15, 0.2) is 66.7 Å². The fraction of sp³-hybridized carbons (Fsp3) is 0.406. The fourth-order valence-electron chi connectivity index (χ4n) is 4.53. The maximum absolute atomic E-state index is 14.3. The van der Waals surface area contributed by atoms with E-state index in [4.69, 9.17) is 4.74 Å². The van der Waals surface area contributed by atoms with Crippen molar-refractivity contribution < 1.29 is 24.2 Å². The molecule has 0 aliphatic heterocycles. The molecular formula is C32H41N3O5S. The van der Waals surface area contributed by atoms with Gasteiger partial charge in [-0.25, -0.2) is 4.79 Å². The predicted octanol–water partition coefficient (Wildman–Crippen LogP) is 6.50. The summed E-state index contributed by atoms with van der Waals surface area (Å²) >= 11 is 1.55. The summed E-state index contributed by atoms with van der Waals surface area (Å²) in [6.45, 7) is 9.07. The average Bonchev–Trinajstić information content (AvgIpc) is 2.92. The molecule has 0 bridgehead atoms. The van der Waals surface area contributed by atoms with Crippen molar-refractivity contribution in [2.75, 3.05) is 17.3 Å². The van der Waals surface area contributed by atoms with Crippen molar-refractivity contribution >= 4 is 46.1 Å². The number of carbonyl (C=O) groups is 3. The molecule has 220 valence electrons. The van der Waals surface area contributed by atoms with Crippen LogP contribution in [0, 0.1) is 0 Å². The molecule has 41 heavy (non-hydrogen) atoms. The van der Waals surface area contributed by atoms with Crippen molar-refractivity contribution in [3.05, 3.63) is 72.3 Å². The smallest absolute Gasteiger partial charge is 0.408 e. The number of nitrogens with zero attached hydrogens (tertiary/aromatic N) is 1. The van der Waals surface area contributed by atoms with Crippen LogP contribution in [0.1, 0.15) is 59.1 Å². The number of amides is 3. The van der Waals surface area contributed by atoms with E-state index in [1.165, 1.54) is 17.0 Å². The van der Waals surface area contributed by atoms with Gasteiger partial charge in [-0.1, -0.05) is 49.4 Å². The molecule has 0 aliphatic rings. The Hall–Kier alpha value is -3.72. The number of aromatic hydroxyl groups is 1. The Bertz CT molecular complexity index is 1360. The number of carbonyl (C=O) groups excluding carboxylic acids is 3. The van der Waals surface area contributed by atoms with Gasteiger partial charge in [-0.3, -0.25) is 9.59 Å². The third-order valence-electron chi connectivity index (χ3n) is 6.65. The number of hydrogen-bond donors (Lipinski definition) is 3. The molecule has 9 heteroatoms. The first-order valence-corrected chi connectivity index (χ1v) is 15.2. The third-order valence-corrected chi connectivity index (χ3v) is 7.29. The quantitative estimate of drug-likeness (QED) is 0.239. The van der Waals surface area contributed by atoms with Gasteiger partial charge in [-0.2, -0.15) is 11.8 Å². The van der Waals surface area contributed by atoms with Crippen LogP contribution in [0.3, 0.4) is 0 Å². The number of alkyl carbamates (subject to hydrolysis) is 1. The summed E-state index contributed by atoms with van der Waals surface area (Å²) in [4.78, 5) is 42.6. The highest BCUT2D eigenvalue weighted by Crippen LogP contribution is 2.30. The van der Waals surface area contributed by atoms with Crippen LogP contribution in [-0.2, 0) is 14.3 Å². The number of ether oxygens (including phenoxy) is 1.